The monoisotopic (exact) mass is 262 g/mol. The van der Waals surface area contributed by atoms with Gasteiger partial charge >= 0.3 is 11.9 Å². The van der Waals surface area contributed by atoms with Gasteiger partial charge in [0.1, 0.15) is 0 Å². The van der Waals surface area contributed by atoms with E-state index < -0.39 is 11.9 Å². The molecule has 0 aliphatic heterocycles. The van der Waals surface area contributed by atoms with E-state index in [4.69, 9.17) is 5.11 Å². The molecule has 0 bridgehead atoms. The van der Waals surface area contributed by atoms with Crippen molar-refractivity contribution in [3.05, 3.63) is 34.9 Å². The van der Waals surface area contributed by atoms with Crippen molar-refractivity contribution in [2.24, 2.45) is 5.92 Å². The second-order valence-electron chi connectivity index (χ2n) is 5.19. The number of rotatable bonds is 4. The topological polar surface area (TPSA) is 74.6 Å². The minimum atomic E-state index is -1.01. The quantitative estimate of drug-likeness (QED) is 0.873. The highest BCUT2D eigenvalue weighted by Gasteiger charge is 2.19. The van der Waals surface area contributed by atoms with Gasteiger partial charge in [-0.3, -0.25) is 0 Å². The summed E-state index contributed by atoms with van der Waals surface area (Å²) in [5.41, 5.74) is 1.05. The van der Waals surface area contributed by atoms with Gasteiger partial charge in [-0.2, -0.15) is 0 Å². The molecule has 1 fully saturated rings. The van der Waals surface area contributed by atoms with Crippen LogP contribution in [0.1, 0.15) is 58.4 Å². The summed E-state index contributed by atoms with van der Waals surface area (Å²) in [6.07, 6.45) is 6.50. The second-order valence-corrected chi connectivity index (χ2v) is 5.19. The van der Waals surface area contributed by atoms with E-state index in [0.29, 0.717) is 17.9 Å². The SMILES string of the molecule is O=C(O)c1ccc(C(=O)O)c(CC2CCCCC2)c1. The lowest BCUT2D eigenvalue weighted by molar-refractivity contribution is 0.0679. The van der Waals surface area contributed by atoms with Crippen molar-refractivity contribution in [2.45, 2.75) is 38.5 Å². The Bertz CT molecular complexity index is 487. The van der Waals surface area contributed by atoms with Crippen molar-refractivity contribution in [1.29, 1.82) is 0 Å². The molecule has 1 aromatic carbocycles. The first-order valence-electron chi connectivity index (χ1n) is 6.67. The van der Waals surface area contributed by atoms with Gasteiger partial charge in [-0.25, -0.2) is 9.59 Å². The molecule has 102 valence electrons. The maximum Gasteiger partial charge on any atom is 0.335 e. The molecule has 0 heterocycles. The van der Waals surface area contributed by atoms with Crippen molar-refractivity contribution >= 4 is 11.9 Å². The fourth-order valence-corrected chi connectivity index (χ4v) is 2.81. The van der Waals surface area contributed by atoms with Crippen molar-refractivity contribution < 1.29 is 19.8 Å². The zero-order valence-electron chi connectivity index (χ0n) is 10.8. The molecule has 0 saturated heterocycles. The Morgan fingerprint density at radius 2 is 1.74 bits per heavy atom. The Labute approximate surface area is 112 Å². The number of hydrogen-bond donors (Lipinski definition) is 2. The summed E-state index contributed by atoms with van der Waals surface area (Å²) in [6, 6.07) is 4.28. The number of benzene rings is 1. The molecule has 4 nitrogen and oxygen atoms in total. The minimum Gasteiger partial charge on any atom is -0.478 e. The standard InChI is InChI=1S/C15H18O4/c16-14(17)11-6-7-13(15(18)19)12(9-11)8-10-4-2-1-3-5-10/h6-7,9-10H,1-5,8H2,(H,16,17)(H,18,19). The molecule has 19 heavy (non-hydrogen) atoms. The third kappa shape index (κ3) is 3.34. The average molecular weight is 262 g/mol. The number of aromatic carboxylic acids is 2. The Kier molecular flexibility index (Phi) is 4.20. The molecule has 2 N–H and O–H groups in total. The Morgan fingerprint density at radius 1 is 1.05 bits per heavy atom. The van der Waals surface area contributed by atoms with E-state index in [-0.39, 0.29) is 11.1 Å². The van der Waals surface area contributed by atoms with Gasteiger partial charge in [0.05, 0.1) is 11.1 Å². The van der Waals surface area contributed by atoms with Gasteiger partial charge < -0.3 is 10.2 Å². The van der Waals surface area contributed by atoms with E-state index in [0.717, 1.165) is 12.8 Å². The maximum absolute atomic E-state index is 11.2. The zero-order chi connectivity index (χ0) is 13.8. The molecule has 0 spiro atoms. The van der Waals surface area contributed by atoms with Crippen LogP contribution in [0.3, 0.4) is 0 Å². The Balaban J connectivity index is 2.26. The number of carbonyl (C=O) groups is 2. The lowest BCUT2D eigenvalue weighted by Gasteiger charge is -2.22. The average Bonchev–Trinajstić information content (AvgIpc) is 2.39. The number of carboxylic acid groups (broad SMARTS) is 2. The van der Waals surface area contributed by atoms with Crippen LogP contribution < -0.4 is 0 Å². The van der Waals surface area contributed by atoms with Crippen LogP contribution in [0.25, 0.3) is 0 Å². The number of hydrogen-bond acceptors (Lipinski definition) is 2. The van der Waals surface area contributed by atoms with Crippen LogP contribution in [-0.2, 0) is 6.42 Å². The van der Waals surface area contributed by atoms with Crippen LogP contribution in [0.15, 0.2) is 18.2 Å². The molecule has 1 aliphatic carbocycles. The first kappa shape index (κ1) is 13.6. The summed E-state index contributed by atoms with van der Waals surface area (Å²) >= 11 is 0. The maximum atomic E-state index is 11.2. The van der Waals surface area contributed by atoms with Crippen LogP contribution >= 0.6 is 0 Å². The van der Waals surface area contributed by atoms with Crippen molar-refractivity contribution in [3.63, 3.8) is 0 Å². The lowest BCUT2D eigenvalue weighted by Crippen LogP contribution is -2.13. The fraction of sp³-hybridized carbons (Fsp3) is 0.467. The van der Waals surface area contributed by atoms with E-state index in [1.54, 1.807) is 0 Å². The van der Waals surface area contributed by atoms with Gasteiger partial charge in [0.25, 0.3) is 0 Å². The largest absolute Gasteiger partial charge is 0.478 e. The second kappa shape index (κ2) is 5.87. The van der Waals surface area contributed by atoms with E-state index in [1.807, 2.05) is 0 Å². The van der Waals surface area contributed by atoms with Crippen LogP contribution in [-0.4, -0.2) is 22.2 Å². The first-order valence-corrected chi connectivity index (χ1v) is 6.67. The molecule has 4 heteroatoms. The zero-order valence-corrected chi connectivity index (χ0v) is 10.8. The summed E-state index contributed by atoms with van der Waals surface area (Å²) in [4.78, 5) is 22.2. The molecule has 0 atom stereocenters. The summed E-state index contributed by atoms with van der Waals surface area (Å²) in [7, 11) is 0. The molecule has 0 amide bonds. The van der Waals surface area contributed by atoms with E-state index >= 15 is 0 Å². The Morgan fingerprint density at radius 3 is 2.32 bits per heavy atom. The van der Waals surface area contributed by atoms with Crippen LogP contribution in [0, 0.1) is 5.92 Å². The molecule has 1 aromatic rings. The molecule has 0 radical (unpaired) electrons. The van der Waals surface area contributed by atoms with Crippen molar-refractivity contribution in [1.82, 2.24) is 0 Å². The normalized spacial score (nSPS) is 16.2. The van der Waals surface area contributed by atoms with Gasteiger partial charge in [0.2, 0.25) is 0 Å². The highest BCUT2D eigenvalue weighted by atomic mass is 16.4. The van der Waals surface area contributed by atoms with E-state index in [1.165, 1.54) is 37.5 Å². The van der Waals surface area contributed by atoms with Crippen molar-refractivity contribution in [2.75, 3.05) is 0 Å². The van der Waals surface area contributed by atoms with Crippen molar-refractivity contribution in [3.8, 4) is 0 Å². The van der Waals surface area contributed by atoms with Crippen LogP contribution in [0.5, 0.6) is 0 Å². The third-order valence-electron chi connectivity index (χ3n) is 3.82. The van der Waals surface area contributed by atoms with Gasteiger partial charge in [-0.05, 0) is 36.1 Å². The molecule has 1 saturated carbocycles. The minimum absolute atomic E-state index is 0.163. The molecule has 0 unspecified atom stereocenters. The smallest absolute Gasteiger partial charge is 0.335 e. The molecule has 2 rings (SSSR count). The molecule has 0 aromatic heterocycles. The summed E-state index contributed by atoms with van der Waals surface area (Å²) in [5.74, 6) is -1.51. The molecular weight excluding hydrogens is 244 g/mol. The molecule has 1 aliphatic rings. The summed E-state index contributed by atoms with van der Waals surface area (Å²) < 4.78 is 0. The fourth-order valence-electron chi connectivity index (χ4n) is 2.81. The van der Waals surface area contributed by atoms with Gasteiger partial charge in [-0.1, -0.05) is 32.1 Å². The third-order valence-corrected chi connectivity index (χ3v) is 3.82. The predicted octanol–water partition coefficient (Wildman–Crippen LogP) is 3.21. The van der Waals surface area contributed by atoms with Crippen LogP contribution in [0.4, 0.5) is 0 Å². The molecular formula is C15H18O4. The predicted molar refractivity (Wildman–Crippen MR) is 70.6 cm³/mol. The highest BCUT2D eigenvalue weighted by molar-refractivity contribution is 5.93. The summed E-state index contributed by atoms with van der Waals surface area (Å²) in [5, 5.41) is 18.2. The highest BCUT2D eigenvalue weighted by Crippen LogP contribution is 2.28. The number of carboxylic acids is 2. The van der Waals surface area contributed by atoms with Gasteiger partial charge in [0, 0.05) is 0 Å². The Hall–Kier alpha value is -1.84. The summed E-state index contributed by atoms with van der Waals surface area (Å²) in [6.45, 7) is 0. The van der Waals surface area contributed by atoms with Gasteiger partial charge in [-0.15, -0.1) is 0 Å². The lowest BCUT2D eigenvalue weighted by atomic mass is 9.83. The van der Waals surface area contributed by atoms with Gasteiger partial charge in [0.15, 0.2) is 0 Å². The van der Waals surface area contributed by atoms with E-state index in [9.17, 15) is 14.7 Å². The van der Waals surface area contributed by atoms with Crippen LogP contribution in [0.2, 0.25) is 0 Å². The van der Waals surface area contributed by atoms with E-state index in [2.05, 4.69) is 0 Å². The first-order chi connectivity index (χ1) is 9.08.